The molecule has 0 amide bonds. The van der Waals surface area contributed by atoms with E-state index in [1.165, 1.54) is 18.5 Å². The Morgan fingerprint density at radius 2 is 1.90 bits per heavy atom. The van der Waals surface area contributed by atoms with Gasteiger partial charge in [0.2, 0.25) is 0 Å². The van der Waals surface area contributed by atoms with Crippen LogP contribution in [0, 0.1) is 0 Å². The summed E-state index contributed by atoms with van der Waals surface area (Å²) in [5, 5.41) is 17.4. The molecule has 1 saturated heterocycles. The van der Waals surface area contributed by atoms with Crippen molar-refractivity contribution in [1.29, 1.82) is 0 Å². The summed E-state index contributed by atoms with van der Waals surface area (Å²) in [5.41, 5.74) is 2.52. The number of ether oxygens (including phenoxy) is 1. The largest absolute Gasteiger partial charge is 0.478 e. The lowest BCUT2D eigenvalue weighted by molar-refractivity contribution is 0.0360. The second kappa shape index (κ2) is 8.85. The van der Waals surface area contributed by atoms with Gasteiger partial charge in [-0.15, -0.1) is 0 Å². The fourth-order valence-corrected chi connectivity index (χ4v) is 3.38. The molecular weight excluding hydrogens is 370 g/mol. The van der Waals surface area contributed by atoms with Gasteiger partial charge in [0.05, 0.1) is 43.4 Å². The third-order valence-corrected chi connectivity index (χ3v) is 4.96. The molecule has 1 aromatic carbocycles. The van der Waals surface area contributed by atoms with Gasteiger partial charge in [-0.1, -0.05) is 30.3 Å². The molecule has 0 aliphatic carbocycles. The van der Waals surface area contributed by atoms with E-state index in [4.69, 9.17) is 4.74 Å². The maximum atomic E-state index is 11.6. The summed E-state index contributed by atoms with van der Waals surface area (Å²) in [5.74, 6) is -0.254. The molecule has 8 heteroatoms. The van der Waals surface area contributed by atoms with Gasteiger partial charge in [0.25, 0.3) is 0 Å². The minimum absolute atomic E-state index is 0.167. The Balaban J connectivity index is 1.65. The number of benzene rings is 1. The van der Waals surface area contributed by atoms with Crippen LogP contribution in [0.15, 0.2) is 55.0 Å². The number of morpholine rings is 1. The van der Waals surface area contributed by atoms with Crippen molar-refractivity contribution in [2.24, 2.45) is 0 Å². The van der Waals surface area contributed by atoms with E-state index in [-0.39, 0.29) is 5.56 Å². The third-order valence-electron chi connectivity index (χ3n) is 4.96. The molecule has 2 aromatic heterocycles. The molecule has 4 rings (SSSR count). The lowest BCUT2D eigenvalue weighted by Crippen LogP contribution is -2.38. The van der Waals surface area contributed by atoms with Crippen LogP contribution in [-0.2, 0) is 11.3 Å². The summed E-state index contributed by atoms with van der Waals surface area (Å²) >= 11 is 0. The fourth-order valence-electron chi connectivity index (χ4n) is 3.38. The number of anilines is 2. The lowest BCUT2D eigenvalue weighted by Gasteiger charge is -2.26. The normalized spacial score (nSPS) is 14.6. The number of nitrogens with one attached hydrogen (secondary N) is 1. The van der Waals surface area contributed by atoms with Crippen LogP contribution in [0.2, 0.25) is 0 Å². The van der Waals surface area contributed by atoms with E-state index in [1.54, 1.807) is 0 Å². The number of rotatable bonds is 7. The predicted molar refractivity (Wildman–Crippen MR) is 109 cm³/mol. The Bertz CT molecular complexity index is 967. The number of nitrogens with zero attached hydrogens (tertiary/aromatic N) is 4. The van der Waals surface area contributed by atoms with Crippen LogP contribution >= 0.6 is 0 Å². The summed E-state index contributed by atoms with van der Waals surface area (Å²) in [6.45, 7) is 4.82. The average Bonchev–Trinajstić information content (AvgIpc) is 3.16. The summed E-state index contributed by atoms with van der Waals surface area (Å²) in [4.78, 5) is 18.0. The number of carboxylic acids is 1. The maximum Gasteiger partial charge on any atom is 0.337 e. The number of aromatic carboxylic acids is 1. The molecular formula is C21H23N5O3. The SMILES string of the molecule is O=C(O)c1ccncc1Nc1c(-c2ccccc2)cnn1CCN1CCOCC1. The molecule has 0 atom stereocenters. The smallest absolute Gasteiger partial charge is 0.337 e. The summed E-state index contributed by atoms with van der Waals surface area (Å²) < 4.78 is 7.30. The molecule has 3 aromatic rings. The zero-order valence-electron chi connectivity index (χ0n) is 16.0. The minimum Gasteiger partial charge on any atom is -0.478 e. The summed E-state index contributed by atoms with van der Waals surface area (Å²) in [6, 6.07) is 11.4. The van der Waals surface area contributed by atoms with Gasteiger partial charge in [-0.2, -0.15) is 5.10 Å². The molecule has 1 aliphatic rings. The first-order chi connectivity index (χ1) is 14.2. The van der Waals surface area contributed by atoms with Gasteiger partial charge in [-0.25, -0.2) is 9.48 Å². The van der Waals surface area contributed by atoms with Crippen LogP contribution in [0.3, 0.4) is 0 Å². The Morgan fingerprint density at radius 3 is 2.66 bits per heavy atom. The molecule has 0 saturated carbocycles. The topological polar surface area (TPSA) is 92.5 Å². The number of pyridine rings is 1. The van der Waals surface area contributed by atoms with Crippen molar-refractivity contribution in [3.63, 3.8) is 0 Å². The van der Waals surface area contributed by atoms with Crippen molar-refractivity contribution in [2.75, 3.05) is 38.2 Å². The summed E-state index contributed by atoms with van der Waals surface area (Å²) in [7, 11) is 0. The van der Waals surface area contributed by atoms with Crippen molar-refractivity contribution in [3.8, 4) is 11.1 Å². The first-order valence-corrected chi connectivity index (χ1v) is 9.58. The van der Waals surface area contributed by atoms with E-state index in [1.807, 2.05) is 41.2 Å². The molecule has 3 heterocycles. The monoisotopic (exact) mass is 393 g/mol. The number of carbonyl (C=O) groups is 1. The van der Waals surface area contributed by atoms with Gasteiger partial charge in [0, 0.05) is 31.4 Å². The van der Waals surface area contributed by atoms with Gasteiger partial charge >= 0.3 is 5.97 Å². The lowest BCUT2D eigenvalue weighted by atomic mass is 10.1. The summed E-state index contributed by atoms with van der Waals surface area (Å²) in [6.07, 6.45) is 4.81. The van der Waals surface area contributed by atoms with E-state index in [0.29, 0.717) is 12.2 Å². The average molecular weight is 393 g/mol. The van der Waals surface area contributed by atoms with Gasteiger partial charge in [0.15, 0.2) is 0 Å². The Morgan fingerprint density at radius 1 is 1.10 bits per heavy atom. The van der Waals surface area contributed by atoms with E-state index >= 15 is 0 Å². The highest BCUT2D eigenvalue weighted by atomic mass is 16.5. The van der Waals surface area contributed by atoms with E-state index in [9.17, 15) is 9.90 Å². The molecule has 0 radical (unpaired) electrons. The fraction of sp³-hybridized carbons (Fsp3) is 0.286. The molecule has 0 spiro atoms. The van der Waals surface area contributed by atoms with E-state index < -0.39 is 5.97 Å². The van der Waals surface area contributed by atoms with E-state index in [2.05, 4.69) is 20.3 Å². The van der Waals surface area contributed by atoms with Crippen LogP contribution < -0.4 is 5.32 Å². The molecule has 2 N–H and O–H groups in total. The Kier molecular flexibility index (Phi) is 5.83. The second-order valence-electron chi connectivity index (χ2n) is 6.80. The molecule has 1 aliphatic heterocycles. The van der Waals surface area contributed by atoms with Gasteiger partial charge in [-0.05, 0) is 11.6 Å². The Hall–Kier alpha value is -3.23. The van der Waals surface area contributed by atoms with Crippen molar-refractivity contribution >= 4 is 17.5 Å². The molecule has 0 bridgehead atoms. The number of hydrogen-bond acceptors (Lipinski definition) is 6. The highest BCUT2D eigenvalue weighted by Crippen LogP contribution is 2.31. The molecule has 29 heavy (non-hydrogen) atoms. The molecule has 150 valence electrons. The van der Waals surface area contributed by atoms with Crippen LogP contribution in [0.5, 0.6) is 0 Å². The Labute approximate surface area is 168 Å². The van der Waals surface area contributed by atoms with Crippen molar-refractivity contribution in [1.82, 2.24) is 19.7 Å². The second-order valence-corrected chi connectivity index (χ2v) is 6.80. The first kappa shape index (κ1) is 19.1. The van der Waals surface area contributed by atoms with Crippen molar-refractivity contribution in [2.45, 2.75) is 6.54 Å². The molecule has 8 nitrogen and oxygen atoms in total. The molecule has 0 unspecified atom stereocenters. The van der Waals surface area contributed by atoms with E-state index in [0.717, 1.165) is 49.8 Å². The van der Waals surface area contributed by atoms with Gasteiger partial charge in [-0.3, -0.25) is 9.88 Å². The van der Waals surface area contributed by atoms with Crippen molar-refractivity contribution in [3.05, 3.63) is 60.6 Å². The van der Waals surface area contributed by atoms with Crippen LogP contribution in [0.4, 0.5) is 11.5 Å². The standard InChI is InChI=1S/C21H23N5O3/c27-21(28)17-6-7-22-15-19(17)24-20-18(16-4-2-1-3-5-16)14-23-26(20)9-8-25-10-12-29-13-11-25/h1-7,14-15,24H,8-13H2,(H,27,28). The zero-order chi connectivity index (χ0) is 20.1. The van der Waals surface area contributed by atoms with Crippen molar-refractivity contribution < 1.29 is 14.6 Å². The van der Waals surface area contributed by atoms with Gasteiger partial charge in [0.1, 0.15) is 5.82 Å². The van der Waals surface area contributed by atoms with Crippen LogP contribution in [0.1, 0.15) is 10.4 Å². The highest BCUT2D eigenvalue weighted by Gasteiger charge is 2.18. The van der Waals surface area contributed by atoms with Crippen LogP contribution in [0.25, 0.3) is 11.1 Å². The van der Waals surface area contributed by atoms with Gasteiger partial charge < -0.3 is 15.2 Å². The number of hydrogen-bond donors (Lipinski definition) is 2. The van der Waals surface area contributed by atoms with Crippen LogP contribution in [-0.4, -0.2) is 63.6 Å². The first-order valence-electron chi connectivity index (χ1n) is 9.58. The number of aromatic nitrogens is 3. The maximum absolute atomic E-state index is 11.6. The zero-order valence-corrected chi connectivity index (χ0v) is 16.0. The third kappa shape index (κ3) is 4.44. The number of carboxylic acid groups (broad SMARTS) is 1. The highest BCUT2D eigenvalue weighted by molar-refractivity contribution is 5.95. The quantitative estimate of drug-likeness (QED) is 0.638. The molecule has 1 fully saturated rings. The minimum atomic E-state index is -1.00. The predicted octanol–water partition coefficient (Wildman–Crippen LogP) is 2.72.